The first-order valence-electron chi connectivity index (χ1n) is 12.4. The molecule has 2 atom stereocenters. The first-order valence-corrected chi connectivity index (χ1v) is 12.4. The van der Waals surface area contributed by atoms with Gasteiger partial charge in [-0.15, -0.1) is 0 Å². The van der Waals surface area contributed by atoms with E-state index in [0.717, 1.165) is 28.2 Å². The second-order valence-corrected chi connectivity index (χ2v) is 9.21. The van der Waals surface area contributed by atoms with Gasteiger partial charge in [-0.05, 0) is 48.2 Å². The molecule has 3 aromatic carbocycles. The molecular formula is C30H32N2O6. The summed E-state index contributed by atoms with van der Waals surface area (Å²) in [5.41, 5.74) is 5.14. The molecule has 0 amide bonds. The van der Waals surface area contributed by atoms with Gasteiger partial charge in [-0.25, -0.2) is 0 Å². The third-order valence-corrected chi connectivity index (χ3v) is 7.21. The number of nitrogens with one attached hydrogen (secondary N) is 2. The van der Waals surface area contributed by atoms with E-state index >= 15 is 0 Å². The fourth-order valence-electron chi connectivity index (χ4n) is 5.44. The number of rotatable bonds is 7. The third-order valence-electron chi connectivity index (χ3n) is 7.21. The molecule has 1 aliphatic heterocycles. The number of methoxy groups -OCH3 is 5. The molecule has 198 valence electrons. The van der Waals surface area contributed by atoms with Crippen LogP contribution in [0.15, 0.2) is 65.9 Å². The van der Waals surface area contributed by atoms with Crippen LogP contribution in [0.3, 0.4) is 0 Å². The number of ether oxygens (including phenoxy) is 5. The predicted molar refractivity (Wildman–Crippen MR) is 146 cm³/mol. The Bertz CT molecular complexity index is 1370. The van der Waals surface area contributed by atoms with Crippen LogP contribution in [0.5, 0.6) is 28.7 Å². The lowest BCUT2D eigenvalue weighted by molar-refractivity contribution is -0.116. The van der Waals surface area contributed by atoms with Gasteiger partial charge < -0.3 is 34.3 Å². The van der Waals surface area contributed by atoms with E-state index in [2.05, 4.69) is 10.6 Å². The van der Waals surface area contributed by atoms with Gasteiger partial charge in [0.05, 0.1) is 53.0 Å². The van der Waals surface area contributed by atoms with E-state index in [1.165, 1.54) is 0 Å². The molecule has 0 fully saturated rings. The molecule has 0 radical (unpaired) electrons. The van der Waals surface area contributed by atoms with E-state index < -0.39 is 6.04 Å². The van der Waals surface area contributed by atoms with Crippen molar-refractivity contribution in [1.29, 1.82) is 0 Å². The number of allylic oxidation sites excluding steroid dienone is 1. The molecular weight excluding hydrogens is 484 g/mol. The van der Waals surface area contributed by atoms with E-state index in [0.29, 0.717) is 47.2 Å². The average molecular weight is 517 g/mol. The molecule has 8 nitrogen and oxygen atoms in total. The van der Waals surface area contributed by atoms with E-state index in [4.69, 9.17) is 23.7 Å². The second-order valence-electron chi connectivity index (χ2n) is 9.21. The van der Waals surface area contributed by atoms with Crippen LogP contribution in [-0.2, 0) is 4.79 Å². The highest BCUT2D eigenvalue weighted by molar-refractivity contribution is 6.01. The Morgan fingerprint density at radius 1 is 0.711 bits per heavy atom. The van der Waals surface area contributed by atoms with Crippen LogP contribution in [0.25, 0.3) is 0 Å². The fraction of sp³-hybridized carbons (Fsp3) is 0.300. The van der Waals surface area contributed by atoms with Crippen LogP contribution >= 0.6 is 0 Å². The zero-order valence-electron chi connectivity index (χ0n) is 22.2. The minimum Gasteiger partial charge on any atom is -0.493 e. The quantitative estimate of drug-likeness (QED) is 0.413. The number of carbonyl (C=O) groups is 1. The number of anilines is 2. The molecule has 0 aromatic heterocycles. The van der Waals surface area contributed by atoms with Gasteiger partial charge in [0, 0.05) is 23.3 Å². The number of hydrogen-bond acceptors (Lipinski definition) is 8. The molecule has 38 heavy (non-hydrogen) atoms. The SMILES string of the molecule is COc1cc(C2CC(=O)C3=C(C2)Nc2ccccc2NC3c2cccc(OC)c2OC)cc(OC)c1OC. The smallest absolute Gasteiger partial charge is 0.203 e. The zero-order chi connectivity index (χ0) is 26.8. The molecule has 2 unspecified atom stereocenters. The summed E-state index contributed by atoms with van der Waals surface area (Å²) in [5, 5.41) is 7.18. The lowest BCUT2D eigenvalue weighted by atomic mass is 9.78. The zero-order valence-corrected chi connectivity index (χ0v) is 22.2. The molecule has 2 N–H and O–H groups in total. The van der Waals surface area contributed by atoms with Crippen molar-refractivity contribution in [3.8, 4) is 28.7 Å². The van der Waals surface area contributed by atoms with Gasteiger partial charge in [0.15, 0.2) is 28.8 Å². The summed E-state index contributed by atoms with van der Waals surface area (Å²) in [5.74, 6) is 2.82. The fourth-order valence-corrected chi connectivity index (χ4v) is 5.44. The maximum absolute atomic E-state index is 14.0. The Kier molecular flexibility index (Phi) is 7.05. The summed E-state index contributed by atoms with van der Waals surface area (Å²) in [6.07, 6.45) is 0.957. The van der Waals surface area contributed by atoms with Gasteiger partial charge in [0.2, 0.25) is 5.75 Å². The van der Waals surface area contributed by atoms with Gasteiger partial charge in [0.1, 0.15) is 0 Å². The summed E-state index contributed by atoms with van der Waals surface area (Å²) in [6.45, 7) is 0. The van der Waals surface area contributed by atoms with Crippen LogP contribution in [0.4, 0.5) is 11.4 Å². The van der Waals surface area contributed by atoms with Gasteiger partial charge in [-0.3, -0.25) is 4.79 Å². The molecule has 0 saturated heterocycles. The van der Waals surface area contributed by atoms with Gasteiger partial charge in [-0.1, -0.05) is 24.3 Å². The molecule has 5 rings (SSSR count). The van der Waals surface area contributed by atoms with E-state index in [9.17, 15) is 4.79 Å². The summed E-state index contributed by atoms with van der Waals surface area (Å²) < 4.78 is 28.0. The van der Waals surface area contributed by atoms with E-state index in [-0.39, 0.29) is 11.7 Å². The van der Waals surface area contributed by atoms with Crippen molar-refractivity contribution in [3.05, 3.63) is 77.0 Å². The molecule has 0 spiro atoms. The Balaban J connectivity index is 1.63. The van der Waals surface area contributed by atoms with Crippen molar-refractivity contribution >= 4 is 17.2 Å². The molecule has 1 heterocycles. The van der Waals surface area contributed by atoms with E-state index in [1.807, 2.05) is 54.6 Å². The van der Waals surface area contributed by atoms with Gasteiger partial charge in [0.25, 0.3) is 0 Å². The standard InChI is InChI=1S/C30H32N2O6/c1-34-24-12-8-9-19(29(24)37-4)28-27-22(31-20-10-6-7-11-21(20)32-28)13-17(14-23(27)33)18-15-25(35-2)30(38-5)26(16-18)36-3/h6-12,15-17,28,31-32H,13-14H2,1-5H3. The summed E-state index contributed by atoms with van der Waals surface area (Å²) in [4.78, 5) is 14.0. The normalized spacial score (nSPS) is 18.3. The highest BCUT2D eigenvalue weighted by Gasteiger charge is 2.38. The maximum Gasteiger partial charge on any atom is 0.203 e. The van der Waals surface area contributed by atoms with Crippen LogP contribution in [0.2, 0.25) is 0 Å². The van der Waals surface area contributed by atoms with Crippen LogP contribution < -0.4 is 34.3 Å². The van der Waals surface area contributed by atoms with Crippen molar-refractivity contribution < 1.29 is 28.5 Å². The number of hydrogen-bond donors (Lipinski definition) is 2. The Morgan fingerprint density at radius 3 is 2.00 bits per heavy atom. The lowest BCUT2D eigenvalue weighted by Crippen LogP contribution is -2.27. The lowest BCUT2D eigenvalue weighted by Gasteiger charge is -2.31. The Morgan fingerprint density at radius 2 is 1.37 bits per heavy atom. The highest BCUT2D eigenvalue weighted by Crippen LogP contribution is 2.49. The first-order chi connectivity index (χ1) is 18.5. The Labute approximate surface area is 222 Å². The number of Topliss-reactive ketones (excluding diaryl/α,β-unsaturated/α-hetero) is 1. The minimum absolute atomic E-state index is 0.0488. The molecule has 0 bridgehead atoms. The third kappa shape index (κ3) is 4.36. The summed E-state index contributed by atoms with van der Waals surface area (Å²) in [6, 6.07) is 17.1. The number of para-hydroxylation sites is 3. The Hall–Kier alpha value is -4.33. The second kappa shape index (κ2) is 10.6. The monoisotopic (exact) mass is 516 g/mol. The van der Waals surface area contributed by atoms with Crippen LogP contribution in [0.1, 0.15) is 35.9 Å². The largest absolute Gasteiger partial charge is 0.493 e. The van der Waals surface area contributed by atoms with Crippen molar-refractivity contribution in [3.63, 3.8) is 0 Å². The van der Waals surface area contributed by atoms with E-state index in [1.54, 1.807) is 35.5 Å². The van der Waals surface area contributed by atoms with Crippen LogP contribution in [0, 0.1) is 0 Å². The van der Waals surface area contributed by atoms with Crippen molar-refractivity contribution in [2.24, 2.45) is 0 Å². The molecule has 3 aromatic rings. The molecule has 8 heteroatoms. The van der Waals surface area contributed by atoms with Crippen molar-refractivity contribution in [2.45, 2.75) is 24.8 Å². The van der Waals surface area contributed by atoms with Crippen molar-refractivity contribution in [2.75, 3.05) is 46.2 Å². The predicted octanol–water partition coefficient (Wildman–Crippen LogP) is 5.71. The minimum atomic E-state index is -0.431. The first kappa shape index (κ1) is 25.3. The molecule has 2 aliphatic rings. The number of ketones is 1. The summed E-state index contributed by atoms with van der Waals surface area (Å²) >= 11 is 0. The highest BCUT2D eigenvalue weighted by atomic mass is 16.5. The molecule has 0 saturated carbocycles. The maximum atomic E-state index is 14.0. The van der Waals surface area contributed by atoms with Crippen molar-refractivity contribution in [1.82, 2.24) is 0 Å². The summed E-state index contributed by atoms with van der Waals surface area (Å²) in [7, 11) is 7.99. The van der Waals surface area contributed by atoms with Crippen LogP contribution in [-0.4, -0.2) is 41.3 Å². The van der Waals surface area contributed by atoms with Gasteiger partial charge >= 0.3 is 0 Å². The number of benzene rings is 3. The topological polar surface area (TPSA) is 87.3 Å². The van der Waals surface area contributed by atoms with Gasteiger partial charge in [-0.2, -0.15) is 0 Å². The average Bonchev–Trinajstić information content (AvgIpc) is 3.12. The number of fused-ring (bicyclic) bond motifs is 1. The molecule has 1 aliphatic carbocycles. The number of carbonyl (C=O) groups excluding carboxylic acids is 1.